The smallest absolute Gasteiger partial charge is 0.240 e. The van der Waals surface area contributed by atoms with Gasteiger partial charge in [-0.3, -0.25) is 4.79 Å². The number of rotatable bonds is 3. The summed E-state index contributed by atoms with van der Waals surface area (Å²) in [5.74, 6) is 1.01. The molecule has 1 aliphatic rings. The van der Waals surface area contributed by atoms with Gasteiger partial charge in [0.1, 0.15) is 5.38 Å². The summed E-state index contributed by atoms with van der Waals surface area (Å²) in [5.41, 5.74) is 0. The van der Waals surface area contributed by atoms with Crippen LogP contribution in [0, 0.1) is 11.8 Å². The molecule has 1 saturated heterocycles. The summed E-state index contributed by atoms with van der Waals surface area (Å²) in [7, 11) is 1.70. The second-order valence-corrected chi connectivity index (χ2v) is 4.71. The summed E-state index contributed by atoms with van der Waals surface area (Å²) in [6, 6.07) is 0. The minimum absolute atomic E-state index is 0.0390. The van der Waals surface area contributed by atoms with E-state index in [0.29, 0.717) is 11.8 Å². The van der Waals surface area contributed by atoms with Gasteiger partial charge >= 0.3 is 0 Å². The molecule has 4 heteroatoms. The lowest BCUT2D eigenvalue weighted by atomic mass is 10.00. The van der Waals surface area contributed by atoms with Crippen LogP contribution in [0.15, 0.2) is 0 Å². The fraction of sp³-hybridized carbons (Fsp3) is 0.900. The Morgan fingerprint density at radius 1 is 1.64 bits per heavy atom. The molecule has 1 heterocycles. The molecule has 0 radical (unpaired) electrons. The van der Waals surface area contributed by atoms with E-state index in [1.807, 2.05) is 4.90 Å². The van der Waals surface area contributed by atoms with Gasteiger partial charge in [-0.25, -0.2) is 0 Å². The lowest BCUT2D eigenvalue weighted by molar-refractivity contribution is -0.129. The normalized spacial score (nSPS) is 29.3. The molecular formula is C10H18ClNO2. The molecule has 0 aromatic rings. The highest BCUT2D eigenvalue weighted by Gasteiger charge is 2.33. The van der Waals surface area contributed by atoms with Crippen LogP contribution in [0.1, 0.15) is 13.8 Å². The summed E-state index contributed by atoms with van der Waals surface area (Å²) in [6.45, 7) is 6.19. The number of ether oxygens (including phenoxy) is 1. The molecule has 1 fully saturated rings. The fourth-order valence-corrected chi connectivity index (χ4v) is 2.03. The van der Waals surface area contributed by atoms with Crippen LogP contribution in [0.2, 0.25) is 0 Å². The molecule has 0 aromatic heterocycles. The lowest BCUT2D eigenvalue weighted by Gasteiger charge is -2.17. The number of amides is 1. The maximum Gasteiger partial charge on any atom is 0.240 e. The second-order valence-electron chi connectivity index (χ2n) is 4.05. The van der Waals surface area contributed by atoms with Gasteiger partial charge in [0.2, 0.25) is 5.91 Å². The Labute approximate surface area is 90.4 Å². The van der Waals surface area contributed by atoms with E-state index in [4.69, 9.17) is 16.3 Å². The first-order chi connectivity index (χ1) is 6.56. The van der Waals surface area contributed by atoms with Crippen molar-refractivity contribution < 1.29 is 9.53 Å². The third-order valence-electron chi connectivity index (χ3n) is 2.80. The molecule has 0 saturated carbocycles. The summed E-state index contributed by atoms with van der Waals surface area (Å²) < 4.78 is 5.11. The van der Waals surface area contributed by atoms with Crippen LogP contribution in [-0.4, -0.2) is 43.0 Å². The van der Waals surface area contributed by atoms with Gasteiger partial charge in [0, 0.05) is 26.1 Å². The predicted molar refractivity (Wildman–Crippen MR) is 56.4 cm³/mol. The van der Waals surface area contributed by atoms with Gasteiger partial charge in [0.05, 0.1) is 6.61 Å². The van der Waals surface area contributed by atoms with Crippen molar-refractivity contribution >= 4 is 17.5 Å². The van der Waals surface area contributed by atoms with Crippen LogP contribution in [-0.2, 0) is 9.53 Å². The standard InChI is InChI=1S/C10H18ClNO2/c1-7-4-12(10(13)8(2)11)5-9(7)6-14-3/h7-9H,4-6H2,1-3H3/t7-,8-,9-/m0/s1. The molecule has 0 N–H and O–H groups in total. The van der Waals surface area contributed by atoms with Gasteiger partial charge in [-0.15, -0.1) is 11.6 Å². The van der Waals surface area contributed by atoms with E-state index in [1.165, 1.54) is 0 Å². The first-order valence-corrected chi connectivity index (χ1v) is 5.41. The van der Waals surface area contributed by atoms with Crippen molar-refractivity contribution in [3.63, 3.8) is 0 Å². The monoisotopic (exact) mass is 219 g/mol. The molecule has 1 aliphatic heterocycles. The SMILES string of the molecule is COC[C@@H]1CN(C(=O)[C@H](C)Cl)C[C@@H]1C. The Bertz CT molecular complexity index is 208. The average Bonchev–Trinajstić information content (AvgIpc) is 2.47. The van der Waals surface area contributed by atoms with Gasteiger partial charge in [-0.05, 0) is 12.8 Å². The van der Waals surface area contributed by atoms with Gasteiger partial charge < -0.3 is 9.64 Å². The van der Waals surface area contributed by atoms with Gasteiger partial charge in [-0.2, -0.15) is 0 Å². The van der Waals surface area contributed by atoms with E-state index in [1.54, 1.807) is 14.0 Å². The molecule has 1 amide bonds. The highest BCUT2D eigenvalue weighted by molar-refractivity contribution is 6.30. The molecule has 82 valence electrons. The maximum atomic E-state index is 11.6. The van der Waals surface area contributed by atoms with Crippen LogP contribution >= 0.6 is 11.6 Å². The van der Waals surface area contributed by atoms with E-state index < -0.39 is 5.38 Å². The second kappa shape index (κ2) is 4.99. The summed E-state index contributed by atoms with van der Waals surface area (Å²) in [6.07, 6.45) is 0. The Hall–Kier alpha value is -0.280. The molecule has 0 aliphatic carbocycles. The number of nitrogens with zero attached hydrogens (tertiary/aromatic N) is 1. The summed E-state index contributed by atoms with van der Waals surface area (Å²) >= 11 is 5.76. The number of likely N-dealkylation sites (tertiary alicyclic amines) is 1. The van der Waals surface area contributed by atoms with E-state index >= 15 is 0 Å². The van der Waals surface area contributed by atoms with Crippen LogP contribution in [0.25, 0.3) is 0 Å². The molecule has 0 bridgehead atoms. The lowest BCUT2D eigenvalue weighted by Crippen LogP contribution is -2.34. The van der Waals surface area contributed by atoms with Gasteiger partial charge in [0.25, 0.3) is 0 Å². The Morgan fingerprint density at radius 3 is 2.79 bits per heavy atom. The summed E-state index contributed by atoms with van der Waals surface area (Å²) in [4.78, 5) is 13.4. The van der Waals surface area contributed by atoms with Crippen molar-refractivity contribution in [2.75, 3.05) is 26.8 Å². The number of methoxy groups -OCH3 is 1. The van der Waals surface area contributed by atoms with E-state index in [-0.39, 0.29) is 5.91 Å². The minimum atomic E-state index is -0.413. The predicted octanol–water partition coefficient (Wildman–Crippen LogP) is 1.35. The van der Waals surface area contributed by atoms with E-state index in [2.05, 4.69) is 6.92 Å². The molecule has 1 rings (SSSR count). The van der Waals surface area contributed by atoms with Crippen molar-refractivity contribution in [2.45, 2.75) is 19.2 Å². The molecule has 0 aromatic carbocycles. The number of alkyl halides is 1. The number of hydrogen-bond donors (Lipinski definition) is 0. The van der Waals surface area contributed by atoms with Gasteiger partial charge in [-0.1, -0.05) is 6.92 Å². The third-order valence-corrected chi connectivity index (χ3v) is 2.99. The van der Waals surface area contributed by atoms with E-state index in [0.717, 1.165) is 19.7 Å². The zero-order valence-corrected chi connectivity index (χ0v) is 9.75. The van der Waals surface area contributed by atoms with Crippen molar-refractivity contribution in [1.82, 2.24) is 4.90 Å². The highest BCUT2D eigenvalue weighted by Crippen LogP contribution is 2.24. The number of halogens is 1. The third kappa shape index (κ3) is 2.61. The van der Waals surface area contributed by atoms with Crippen molar-refractivity contribution in [2.24, 2.45) is 11.8 Å². The molecule has 14 heavy (non-hydrogen) atoms. The first kappa shape index (κ1) is 11.8. The Morgan fingerprint density at radius 2 is 2.29 bits per heavy atom. The van der Waals surface area contributed by atoms with Crippen LogP contribution in [0.4, 0.5) is 0 Å². The Balaban J connectivity index is 2.49. The average molecular weight is 220 g/mol. The molecule has 3 nitrogen and oxygen atoms in total. The highest BCUT2D eigenvalue weighted by atomic mass is 35.5. The van der Waals surface area contributed by atoms with Crippen molar-refractivity contribution in [1.29, 1.82) is 0 Å². The topological polar surface area (TPSA) is 29.5 Å². The van der Waals surface area contributed by atoms with E-state index in [9.17, 15) is 4.79 Å². The van der Waals surface area contributed by atoms with Crippen LogP contribution in [0.3, 0.4) is 0 Å². The van der Waals surface area contributed by atoms with Crippen LogP contribution < -0.4 is 0 Å². The van der Waals surface area contributed by atoms with Crippen LogP contribution in [0.5, 0.6) is 0 Å². The number of carbonyl (C=O) groups is 1. The number of carbonyl (C=O) groups excluding carboxylic acids is 1. The first-order valence-electron chi connectivity index (χ1n) is 4.98. The number of hydrogen-bond acceptors (Lipinski definition) is 2. The maximum absolute atomic E-state index is 11.6. The minimum Gasteiger partial charge on any atom is -0.384 e. The zero-order valence-electron chi connectivity index (χ0n) is 9.00. The fourth-order valence-electron chi connectivity index (χ4n) is 1.90. The Kier molecular flexibility index (Phi) is 4.20. The van der Waals surface area contributed by atoms with Crippen molar-refractivity contribution in [3.8, 4) is 0 Å². The zero-order chi connectivity index (χ0) is 10.7. The molecule has 3 atom stereocenters. The molecular weight excluding hydrogens is 202 g/mol. The quantitative estimate of drug-likeness (QED) is 0.671. The van der Waals surface area contributed by atoms with Crippen molar-refractivity contribution in [3.05, 3.63) is 0 Å². The summed E-state index contributed by atoms with van der Waals surface area (Å²) in [5, 5.41) is -0.413. The largest absolute Gasteiger partial charge is 0.384 e. The van der Waals surface area contributed by atoms with Gasteiger partial charge in [0.15, 0.2) is 0 Å². The molecule has 0 spiro atoms. The molecule has 0 unspecified atom stereocenters.